The molecule has 11 heteroatoms. The van der Waals surface area contributed by atoms with Crippen molar-refractivity contribution in [3.63, 3.8) is 0 Å². The largest absolute Gasteiger partial charge is 0.457 e. The number of ether oxygens (including phenoxy) is 1. The molecule has 1 saturated carbocycles. The zero-order chi connectivity index (χ0) is 29.7. The van der Waals surface area contributed by atoms with Crippen LogP contribution in [0.3, 0.4) is 0 Å². The second-order valence-corrected chi connectivity index (χ2v) is 13.3. The van der Waals surface area contributed by atoms with Gasteiger partial charge in [0.2, 0.25) is 11.8 Å². The maximum absolute atomic E-state index is 12.6. The van der Waals surface area contributed by atoms with E-state index in [0.717, 1.165) is 40.5 Å². The van der Waals surface area contributed by atoms with Crippen molar-refractivity contribution in [3.05, 3.63) is 58.9 Å². The van der Waals surface area contributed by atoms with Crippen molar-refractivity contribution in [2.75, 3.05) is 13.1 Å². The number of aromatic nitrogens is 4. The lowest BCUT2D eigenvalue weighted by Crippen LogP contribution is -2.27. The van der Waals surface area contributed by atoms with E-state index in [0.29, 0.717) is 72.6 Å². The topological polar surface area (TPSA) is 115 Å². The van der Waals surface area contributed by atoms with Crippen LogP contribution in [-0.2, 0) is 16.1 Å². The molecule has 0 spiro atoms. The van der Waals surface area contributed by atoms with Gasteiger partial charge in [0, 0.05) is 67.0 Å². The first-order valence-electron chi connectivity index (χ1n) is 15.0. The van der Waals surface area contributed by atoms with Crippen LogP contribution in [0.1, 0.15) is 74.7 Å². The quantitative estimate of drug-likeness (QED) is 0.230. The number of rotatable bonds is 9. The molecular weight excluding hydrogens is 564 g/mol. The first-order chi connectivity index (χ1) is 20.8. The average molecular weight is 599 g/mol. The monoisotopic (exact) mass is 598 g/mol. The van der Waals surface area contributed by atoms with Gasteiger partial charge in [-0.25, -0.2) is 0 Å². The van der Waals surface area contributed by atoms with Crippen LogP contribution in [0.25, 0.3) is 22.0 Å². The fraction of sp³-hybridized carbons (Fsp3) is 0.438. The molecule has 43 heavy (non-hydrogen) atoms. The summed E-state index contributed by atoms with van der Waals surface area (Å²) in [5, 5.41) is 14.8. The number of nitrogens with zero attached hydrogens (tertiary/aromatic N) is 6. The Morgan fingerprint density at radius 2 is 1.79 bits per heavy atom. The summed E-state index contributed by atoms with van der Waals surface area (Å²) < 4.78 is 12.1. The minimum Gasteiger partial charge on any atom is -0.457 e. The molecule has 3 aliphatic rings. The minimum absolute atomic E-state index is 0.0630. The summed E-state index contributed by atoms with van der Waals surface area (Å²) in [6.45, 7) is 8.13. The van der Waals surface area contributed by atoms with Crippen LogP contribution in [-0.4, -0.2) is 61.1 Å². The van der Waals surface area contributed by atoms with Gasteiger partial charge in [-0.2, -0.15) is 4.98 Å². The Kier molecular flexibility index (Phi) is 7.20. The van der Waals surface area contributed by atoms with Gasteiger partial charge in [-0.05, 0) is 55.2 Å². The van der Waals surface area contributed by atoms with Crippen molar-refractivity contribution in [1.82, 2.24) is 30.1 Å². The smallest absolute Gasteiger partial charge is 0.258 e. The molecule has 2 atom stereocenters. The standard InChI is InChI=1S/C32H34N6O4S/c1-18(2)31-34-35-32(43-31)20-6-10-25(11-7-20)41-26-13-21(4-5-22(26)16-37-15-19(3)12-27(37)39)30-33-29(36-42-30)23-14-28(40)38(17-23)24-8-9-24/h4-7,10-11,13,18-19,23-24H,8-9,12,14-17H2,1-3H3/t19-,23+/m0/s1. The summed E-state index contributed by atoms with van der Waals surface area (Å²) in [6, 6.07) is 13.9. The predicted octanol–water partition coefficient (Wildman–Crippen LogP) is 6.02. The van der Waals surface area contributed by atoms with Gasteiger partial charge in [0.05, 0.1) is 0 Å². The summed E-state index contributed by atoms with van der Waals surface area (Å²) in [5.74, 6) is 3.13. The summed E-state index contributed by atoms with van der Waals surface area (Å²) in [7, 11) is 0. The van der Waals surface area contributed by atoms with Gasteiger partial charge in [-0.1, -0.05) is 43.3 Å². The Labute approximate surface area is 254 Å². The normalized spacial score (nSPS) is 20.6. The number of amides is 2. The highest BCUT2D eigenvalue weighted by molar-refractivity contribution is 7.14. The number of carbonyl (C=O) groups is 2. The van der Waals surface area contributed by atoms with Gasteiger partial charge in [0.15, 0.2) is 5.82 Å². The second kappa shape index (κ2) is 11.2. The molecule has 4 heterocycles. The molecule has 2 aromatic carbocycles. The molecule has 222 valence electrons. The molecule has 0 N–H and O–H groups in total. The summed E-state index contributed by atoms with van der Waals surface area (Å²) in [5.41, 5.74) is 2.59. The maximum atomic E-state index is 12.6. The average Bonchev–Trinajstić information content (AvgIpc) is 3.34. The fourth-order valence-electron chi connectivity index (χ4n) is 5.78. The molecule has 2 aromatic heterocycles. The maximum Gasteiger partial charge on any atom is 0.258 e. The molecule has 2 aliphatic heterocycles. The van der Waals surface area contributed by atoms with Crippen LogP contribution in [0.5, 0.6) is 11.5 Å². The van der Waals surface area contributed by atoms with Gasteiger partial charge in [0.1, 0.15) is 21.5 Å². The highest BCUT2D eigenvalue weighted by atomic mass is 32.1. The van der Waals surface area contributed by atoms with Crippen LogP contribution in [0.15, 0.2) is 47.0 Å². The number of benzene rings is 2. The van der Waals surface area contributed by atoms with E-state index in [4.69, 9.17) is 9.26 Å². The van der Waals surface area contributed by atoms with Gasteiger partial charge in [-0.3, -0.25) is 9.59 Å². The third kappa shape index (κ3) is 5.78. The highest BCUT2D eigenvalue weighted by Gasteiger charge is 2.41. The van der Waals surface area contributed by atoms with Gasteiger partial charge in [0.25, 0.3) is 5.89 Å². The van der Waals surface area contributed by atoms with Gasteiger partial charge >= 0.3 is 0 Å². The zero-order valence-electron chi connectivity index (χ0n) is 24.5. The van der Waals surface area contributed by atoms with Gasteiger partial charge in [-0.15, -0.1) is 10.2 Å². The van der Waals surface area contributed by atoms with Crippen molar-refractivity contribution in [3.8, 4) is 33.5 Å². The molecule has 2 amide bonds. The first kappa shape index (κ1) is 27.7. The lowest BCUT2D eigenvalue weighted by Gasteiger charge is -2.19. The number of carbonyl (C=O) groups excluding carboxylic acids is 2. The number of hydrogen-bond donors (Lipinski definition) is 0. The number of likely N-dealkylation sites (tertiary alicyclic amines) is 2. The third-order valence-electron chi connectivity index (χ3n) is 8.30. The summed E-state index contributed by atoms with van der Waals surface area (Å²) in [6.07, 6.45) is 3.14. The van der Waals surface area contributed by atoms with E-state index in [2.05, 4.69) is 41.1 Å². The van der Waals surface area contributed by atoms with Crippen LogP contribution >= 0.6 is 11.3 Å². The van der Waals surface area contributed by atoms with E-state index in [-0.39, 0.29) is 17.7 Å². The SMILES string of the molecule is CC(C)c1nnc(-c2ccc(Oc3cc(-c4nc([C@@H]5CC(=O)N(C6CC6)C5)no4)ccc3CN3C[C@@H](C)CC3=O)cc2)s1. The van der Waals surface area contributed by atoms with E-state index in [1.165, 1.54) is 0 Å². The van der Waals surface area contributed by atoms with Crippen molar-refractivity contribution >= 4 is 23.2 Å². The molecule has 3 fully saturated rings. The predicted molar refractivity (Wildman–Crippen MR) is 161 cm³/mol. The highest BCUT2D eigenvalue weighted by Crippen LogP contribution is 2.38. The van der Waals surface area contributed by atoms with Crippen LogP contribution in [0.2, 0.25) is 0 Å². The van der Waals surface area contributed by atoms with E-state index in [1.807, 2.05) is 52.3 Å². The molecule has 7 rings (SSSR count). The molecular formula is C32H34N6O4S. The fourth-order valence-corrected chi connectivity index (χ4v) is 6.63. The molecule has 0 bridgehead atoms. The Bertz CT molecular complexity index is 1660. The van der Waals surface area contributed by atoms with Gasteiger partial charge < -0.3 is 19.1 Å². The minimum atomic E-state index is -0.0630. The Morgan fingerprint density at radius 3 is 2.49 bits per heavy atom. The Hall–Kier alpha value is -4.12. The first-order valence-corrected chi connectivity index (χ1v) is 15.8. The van der Waals surface area contributed by atoms with Crippen LogP contribution in [0, 0.1) is 5.92 Å². The molecule has 10 nitrogen and oxygen atoms in total. The molecule has 0 radical (unpaired) electrons. The third-order valence-corrected chi connectivity index (χ3v) is 9.57. The van der Waals surface area contributed by atoms with E-state index >= 15 is 0 Å². The molecule has 4 aromatic rings. The second-order valence-electron chi connectivity index (χ2n) is 12.3. The number of hydrogen-bond acceptors (Lipinski definition) is 9. The van der Waals surface area contributed by atoms with Crippen molar-refractivity contribution in [1.29, 1.82) is 0 Å². The zero-order valence-corrected chi connectivity index (χ0v) is 25.3. The van der Waals surface area contributed by atoms with Crippen molar-refractivity contribution in [2.45, 2.75) is 70.9 Å². The summed E-state index contributed by atoms with van der Waals surface area (Å²) >= 11 is 1.59. The van der Waals surface area contributed by atoms with E-state index in [1.54, 1.807) is 11.3 Å². The van der Waals surface area contributed by atoms with E-state index < -0.39 is 0 Å². The van der Waals surface area contributed by atoms with Crippen LogP contribution in [0.4, 0.5) is 0 Å². The Morgan fingerprint density at radius 1 is 1.00 bits per heavy atom. The van der Waals surface area contributed by atoms with Crippen LogP contribution < -0.4 is 4.74 Å². The Balaban J connectivity index is 1.14. The molecule has 1 aliphatic carbocycles. The lowest BCUT2D eigenvalue weighted by atomic mass is 10.1. The van der Waals surface area contributed by atoms with Crippen molar-refractivity contribution in [2.24, 2.45) is 5.92 Å². The molecule has 2 saturated heterocycles. The summed E-state index contributed by atoms with van der Waals surface area (Å²) in [4.78, 5) is 33.6. The van der Waals surface area contributed by atoms with E-state index in [9.17, 15) is 9.59 Å². The molecule has 0 unspecified atom stereocenters. The van der Waals surface area contributed by atoms with Crippen molar-refractivity contribution < 1.29 is 18.8 Å². The lowest BCUT2D eigenvalue weighted by molar-refractivity contribution is -0.129.